The number of nitrogens with zero attached hydrogens (tertiary/aromatic N) is 2. The van der Waals surface area contributed by atoms with Crippen LogP contribution < -0.4 is 15.7 Å². The Kier molecular flexibility index (Phi) is 3.11. The molecule has 1 aromatic heterocycles. The average Bonchev–Trinajstić information content (AvgIpc) is 2.82. The van der Waals surface area contributed by atoms with Gasteiger partial charge in [-0.1, -0.05) is 72.8 Å². The molecule has 0 amide bonds. The lowest BCUT2D eigenvalue weighted by Crippen LogP contribution is -2.59. The third-order valence-corrected chi connectivity index (χ3v) is 6.49. The van der Waals surface area contributed by atoms with Crippen molar-refractivity contribution < 1.29 is 0 Å². The summed E-state index contributed by atoms with van der Waals surface area (Å²) in [4.78, 5) is 7.33. The van der Waals surface area contributed by atoms with Crippen LogP contribution in [-0.4, -0.2) is 11.8 Å². The van der Waals surface area contributed by atoms with Crippen LogP contribution in [0.2, 0.25) is 0 Å². The Morgan fingerprint density at radius 1 is 0.567 bits per heavy atom. The second kappa shape index (κ2) is 5.83. The molecular formula is C27H17BN2. The largest absolute Gasteiger partial charge is 0.361 e. The number of anilines is 2. The van der Waals surface area contributed by atoms with Gasteiger partial charge in [-0.25, -0.2) is 4.98 Å². The molecule has 3 heterocycles. The minimum atomic E-state index is 0.119. The maximum absolute atomic E-state index is 4.88. The van der Waals surface area contributed by atoms with Gasteiger partial charge < -0.3 is 4.81 Å². The van der Waals surface area contributed by atoms with Crippen molar-refractivity contribution >= 4 is 40.1 Å². The topological polar surface area (TPSA) is 16.1 Å². The van der Waals surface area contributed by atoms with Crippen molar-refractivity contribution in [2.75, 3.05) is 4.81 Å². The van der Waals surface area contributed by atoms with E-state index in [1.165, 1.54) is 49.6 Å². The fourth-order valence-corrected chi connectivity index (χ4v) is 5.23. The van der Waals surface area contributed by atoms with Crippen molar-refractivity contribution in [3.8, 4) is 22.3 Å². The highest BCUT2D eigenvalue weighted by Gasteiger charge is 2.42. The van der Waals surface area contributed by atoms with Crippen LogP contribution in [0, 0.1) is 0 Å². The van der Waals surface area contributed by atoms with Gasteiger partial charge in [0.15, 0.2) is 0 Å². The number of rotatable bonds is 0. The van der Waals surface area contributed by atoms with Crippen LogP contribution in [-0.2, 0) is 0 Å². The van der Waals surface area contributed by atoms with Gasteiger partial charge in [0.2, 0.25) is 0 Å². The quantitative estimate of drug-likeness (QED) is 0.346. The van der Waals surface area contributed by atoms with E-state index < -0.39 is 0 Å². The summed E-state index contributed by atoms with van der Waals surface area (Å²) >= 11 is 0. The average molecular weight is 380 g/mol. The van der Waals surface area contributed by atoms with E-state index in [4.69, 9.17) is 4.98 Å². The van der Waals surface area contributed by atoms with E-state index in [1.54, 1.807) is 0 Å². The molecule has 0 spiro atoms. The Morgan fingerprint density at radius 2 is 1.17 bits per heavy atom. The van der Waals surface area contributed by atoms with Crippen molar-refractivity contribution in [2.24, 2.45) is 0 Å². The molecule has 2 aliphatic heterocycles. The number of hydrogen-bond acceptors (Lipinski definition) is 2. The predicted molar refractivity (Wildman–Crippen MR) is 126 cm³/mol. The normalized spacial score (nSPS) is 13.2. The first-order valence-corrected chi connectivity index (χ1v) is 10.4. The third-order valence-electron chi connectivity index (χ3n) is 6.49. The molecule has 2 nitrogen and oxygen atoms in total. The van der Waals surface area contributed by atoms with E-state index in [1.807, 2.05) is 12.3 Å². The summed E-state index contributed by atoms with van der Waals surface area (Å²) in [5.74, 6) is 1.03. The van der Waals surface area contributed by atoms with Crippen molar-refractivity contribution in [3.05, 3.63) is 103 Å². The predicted octanol–water partition coefficient (Wildman–Crippen LogP) is 5.14. The molecule has 2 aliphatic rings. The smallest absolute Gasteiger partial charge is 0.330 e. The molecule has 0 saturated carbocycles. The molecule has 5 aromatic rings. The highest BCUT2D eigenvalue weighted by molar-refractivity contribution is 6.92. The highest BCUT2D eigenvalue weighted by atomic mass is 15.2. The number of pyridine rings is 1. The van der Waals surface area contributed by atoms with Crippen molar-refractivity contribution in [1.82, 2.24) is 4.98 Å². The lowest BCUT2D eigenvalue weighted by molar-refractivity contribution is 1.22. The molecule has 0 fully saturated rings. The molecule has 0 aliphatic carbocycles. The van der Waals surface area contributed by atoms with E-state index in [0.29, 0.717) is 0 Å². The summed E-state index contributed by atoms with van der Waals surface area (Å²) in [6.45, 7) is 0.119. The van der Waals surface area contributed by atoms with Gasteiger partial charge in [0.1, 0.15) is 5.82 Å². The Labute approximate surface area is 175 Å². The van der Waals surface area contributed by atoms with Crippen LogP contribution in [0.1, 0.15) is 0 Å². The van der Waals surface area contributed by atoms with E-state index in [-0.39, 0.29) is 6.85 Å². The minimum absolute atomic E-state index is 0.119. The van der Waals surface area contributed by atoms with Crippen molar-refractivity contribution in [2.45, 2.75) is 0 Å². The monoisotopic (exact) mass is 380 g/mol. The summed E-state index contributed by atoms with van der Waals surface area (Å²) in [5, 5.41) is 2.52. The van der Waals surface area contributed by atoms with Crippen LogP contribution in [0.5, 0.6) is 0 Å². The first-order chi connectivity index (χ1) is 14.9. The number of hydrogen-bond donors (Lipinski definition) is 0. The van der Waals surface area contributed by atoms with Crippen molar-refractivity contribution in [3.63, 3.8) is 0 Å². The second-order valence-corrected chi connectivity index (χ2v) is 8.04. The zero-order valence-corrected chi connectivity index (χ0v) is 16.3. The molecular weight excluding hydrogens is 363 g/mol. The SMILES string of the molecule is c1ccc2c(c1)B1c3ccccc3-c3cccnc3N1c1cc3ccccc3cc1-2. The van der Waals surface area contributed by atoms with E-state index in [2.05, 4.69) is 95.8 Å². The zero-order valence-electron chi connectivity index (χ0n) is 16.3. The van der Waals surface area contributed by atoms with Crippen LogP contribution in [0.15, 0.2) is 103 Å². The molecule has 138 valence electrons. The Bertz CT molecular complexity index is 1470. The van der Waals surface area contributed by atoms with Gasteiger partial charge in [-0.15, -0.1) is 0 Å². The van der Waals surface area contributed by atoms with E-state index in [9.17, 15) is 0 Å². The van der Waals surface area contributed by atoms with Gasteiger partial charge in [0, 0.05) is 23.0 Å². The van der Waals surface area contributed by atoms with E-state index >= 15 is 0 Å². The maximum atomic E-state index is 4.88. The molecule has 30 heavy (non-hydrogen) atoms. The first-order valence-electron chi connectivity index (χ1n) is 10.4. The van der Waals surface area contributed by atoms with Gasteiger partial charge >= 0.3 is 6.85 Å². The lowest BCUT2D eigenvalue weighted by Gasteiger charge is -2.42. The molecule has 0 bridgehead atoms. The van der Waals surface area contributed by atoms with Gasteiger partial charge in [0.25, 0.3) is 0 Å². The van der Waals surface area contributed by atoms with Gasteiger partial charge in [0.05, 0.1) is 0 Å². The van der Waals surface area contributed by atoms with Crippen LogP contribution in [0.25, 0.3) is 33.0 Å². The molecule has 0 atom stereocenters. The van der Waals surface area contributed by atoms with Gasteiger partial charge in [-0.3, -0.25) is 0 Å². The Hall–Kier alpha value is -3.85. The molecule has 7 rings (SSSR count). The van der Waals surface area contributed by atoms with Crippen molar-refractivity contribution in [1.29, 1.82) is 0 Å². The van der Waals surface area contributed by atoms with Crippen LogP contribution in [0.3, 0.4) is 0 Å². The summed E-state index contributed by atoms with van der Waals surface area (Å²) in [7, 11) is 0. The van der Waals surface area contributed by atoms with E-state index in [0.717, 1.165) is 5.82 Å². The molecule has 0 radical (unpaired) electrons. The summed E-state index contributed by atoms with van der Waals surface area (Å²) in [5.41, 5.74) is 8.97. The lowest BCUT2D eigenvalue weighted by atomic mass is 9.43. The summed E-state index contributed by atoms with van der Waals surface area (Å²) in [6, 6.07) is 35.1. The highest BCUT2D eigenvalue weighted by Crippen LogP contribution is 2.45. The Balaban J connectivity index is 1.65. The van der Waals surface area contributed by atoms with Gasteiger partial charge in [-0.05, 0) is 57.1 Å². The third kappa shape index (κ3) is 2.02. The fourth-order valence-electron chi connectivity index (χ4n) is 5.23. The molecule has 3 heteroatoms. The first kappa shape index (κ1) is 16.0. The minimum Gasteiger partial charge on any atom is -0.361 e. The Morgan fingerprint density at radius 3 is 1.93 bits per heavy atom. The second-order valence-electron chi connectivity index (χ2n) is 8.04. The number of benzene rings is 4. The number of fused-ring (bicyclic) bond motifs is 12. The van der Waals surface area contributed by atoms with Crippen LogP contribution >= 0.6 is 0 Å². The zero-order chi connectivity index (χ0) is 19.7. The molecule has 0 unspecified atom stereocenters. The summed E-state index contributed by atoms with van der Waals surface area (Å²) in [6.07, 6.45) is 1.91. The maximum Gasteiger partial charge on any atom is 0.330 e. The fraction of sp³-hybridized carbons (Fsp3) is 0. The number of aromatic nitrogens is 1. The molecule has 4 aromatic carbocycles. The van der Waals surface area contributed by atoms with Crippen LogP contribution in [0.4, 0.5) is 11.5 Å². The summed E-state index contributed by atoms with van der Waals surface area (Å²) < 4.78 is 0. The van der Waals surface area contributed by atoms with Gasteiger partial charge in [-0.2, -0.15) is 0 Å². The molecule has 0 saturated heterocycles. The molecule has 0 N–H and O–H groups in total. The standard InChI is InChI=1S/C27H17BN2/c1-2-9-19-17-26-23(16-18(19)8-1)21-11-4-6-14-25(21)28-24-13-5-3-10-20(24)22-12-7-15-29-27(22)30(26)28/h1-17H.